The van der Waals surface area contributed by atoms with Crippen LogP contribution in [0.15, 0.2) is 46.1 Å². The maximum absolute atomic E-state index is 13.7. The van der Waals surface area contributed by atoms with E-state index in [9.17, 15) is 28.6 Å². The summed E-state index contributed by atoms with van der Waals surface area (Å²) in [6.45, 7) is 3.45. The molecule has 3 saturated heterocycles. The number of esters is 1. The Kier molecular flexibility index (Phi) is 9.07. The van der Waals surface area contributed by atoms with Gasteiger partial charge in [0, 0.05) is 38.6 Å². The third kappa shape index (κ3) is 7.21. The van der Waals surface area contributed by atoms with Crippen molar-refractivity contribution in [1.29, 1.82) is 0 Å². The van der Waals surface area contributed by atoms with Crippen molar-refractivity contribution in [3.63, 3.8) is 0 Å². The van der Waals surface area contributed by atoms with E-state index in [-0.39, 0.29) is 24.3 Å². The number of aliphatic hydroxyl groups excluding tert-OH is 1. The Labute approximate surface area is 240 Å². The number of carbonyl (C=O) groups is 1. The Morgan fingerprint density at radius 3 is 2.43 bits per heavy atom. The molecule has 0 aliphatic carbocycles. The topological polar surface area (TPSA) is 190 Å². The van der Waals surface area contributed by atoms with E-state index < -0.39 is 63.7 Å². The molecule has 0 bridgehead atoms. The van der Waals surface area contributed by atoms with Gasteiger partial charge in [-0.1, -0.05) is 18.2 Å². The van der Waals surface area contributed by atoms with Crippen molar-refractivity contribution >= 4 is 21.4 Å². The molecule has 1 aromatic carbocycles. The second-order valence-electron chi connectivity index (χ2n) is 10.1. The first-order valence-electron chi connectivity index (χ1n) is 13.3. The zero-order chi connectivity index (χ0) is 30.1. The number of benzene rings is 1. The minimum atomic E-state index is -4.11. The van der Waals surface area contributed by atoms with Gasteiger partial charge in [0.15, 0.2) is 0 Å². The van der Waals surface area contributed by atoms with Crippen LogP contribution in [0.2, 0.25) is 0 Å². The molecule has 0 radical (unpaired) electrons. The zero-order valence-electron chi connectivity index (χ0n) is 23.0. The van der Waals surface area contributed by atoms with Crippen molar-refractivity contribution < 1.29 is 42.1 Å². The van der Waals surface area contributed by atoms with E-state index in [2.05, 4.69) is 14.8 Å². The van der Waals surface area contributed by atoms with Gasteiger partial charge in [0.05, 0.1) is 32.4 Å². The number of aromatic amines is 1. The fourth-order valence-corrected chi connectivity index (χ4v) is 8.05. The molecule has 16 nitrogen and oxygen atoms in total. The molecule has 4 heterocycles. The molecule has 5 atom stereocenters. The van der Waals surface area contributed by atoms with E-state index in [0.717, 1.165) is 10.8 Å². The van der Waals surface area contributed by atoms with Gasteiger partial charge in [0.1, 0.15) is 18.1 Å². The highest BCUT2D eigenvalue weighted by molar-refractivity contribution is 7.55. The Balaban J connectivity index is 1.29. The van der Waals surface area contributed by atoms with Crippen molar-refractivity contribution in [1.82, 2.24) is 24.0 Å². The number of nitrogens with zero attached hydrogens (tertiary/aromatic N) is 3. The molecule has 3 aliphatic rings. The first-order valence-corrected chi connectivity index (χ1v) is 16.4. The second kappa shape index (κ2) is 12.4. The van der Waals surface area contributed by atoms with Crippen LogP contribution in [0.25, 0.3) is 0 Å². The molecule has 5 rings (SSSR count). The van der Waals surface area contributed by atoms with Gasteiger partial charge in [-0.3, -0.25) is 23.7 Å². The molecule has 3 aliphatic heterocycles. The van der Waals surface area contributed by atoms with Crippen LogP contribution in [-0.4, -0.2) is 88.1 Å². The highest BCUT2D eigenvalue weighted by atomic mass is 31.2. The normalized spacial score (nSPS) is 24.5. The Bertz CT molecular complexity index is 1480. The largest absolute Gasteiger partial charge is 0.469 e. The van der Waals surface area contributed by atoms with Crippen molar-refractivity contribution in [3.05, 3.63) is 57.4 Å². The molecule has 0 spiro atoms. The molecule has 3 N–H and O–H groups in total. The molecule has 230 valence electrons. The molecular weight excluding hydrogens is 596 g/mol. The number of H-pyrrole nitrogens is 1. The van der Waals surface area contributed by atoms with Crippen molar-refractivity contribution in [3.8, 4) is 11.5 Å². The second-order valence-corrected chi connectivity index (χ2v) is 14.1. The van der Waals surface area contributed by atoms with E-state index in [1.54, 1.807) is 46.6 Å². The quantitative estimate of drug-likeness (QED) is 0.153. The van der Waals surface area contributed by atoms with Gasteiger partial charge < -0.3 is 23.6 Å². The summed E-state index contributed by atoms with van der Waals surface area (Å²) >= 11 is 0. The monoisotopic (exact) mass is 629 g/mol. The molecule has 2 aromatic rings. The Hall–Kier alpha value is -2.81. The first kappa shape index (κ1) is 30.6. The van der Waals surface area contributed by atoms with E-state index >= 15 is 0 Å². The summed E-state index contributed by atoms with van der Waals surface area (Å²) in [5.74, 6) is -0.619. The van der Waals surface area contributed by atoms with Crippen LogP contribution in [0.3, 0.4) is 0 Å². The van der Waals surface area contributed by atoms with Crippen LogP contribution in [0.1, 0.15) is 26.0 Å². The van der Waals surface area contributed by atoms with Gasteiger partial charge in [0.25, 0.3) is 5.56 Å². The lowest BCUT2D eigenvalue weighted by molar-refractivity contribution is -0.141. The number of nitrogens with one attached hydrogen (secondary N) is 2. The number of methoxy groups -OCH3 is 1. The fraction of sp³-hybridized carbons (Fsp3) is 0.542. The van der Waals surface area contributed by atoms with Crippen molar-refractivity contribution in [2.45, 2.75) is 44.2 Å². The number of hydrogen-bond donors (Lipinski definition) is 3. The molecule has 0 saturated carbocycles. The van der Waals surface area contributed by atoms with Crippen LogP contribution < -0.4 is 25.4 Å². The molecule has 1 aromatic heterocycles. The molecule has 3 unspecified atom stereocenters. The average Bonchev–Trinajstić information content (AvgIpc) is 3.86. The molecule has 42 heavy (non-hydrogen) atoms. The highest BCUT2D eigenvalue weighted by Crippen LogP contribution is 2.60. The zero-order valence-corrected chi connectivity index (χ0v) is 24.8. The number of para-hydroxylation sites is 1. The van der Waals surface area contributed by atoms with Gasteiger partial charge in [-0.25, -0.2) is 28.4 Å². The Morgan fingerprint density at radius 1 is 1.14 bits per heavy atom. The summed E-state index contributed by atoms with van der Waals surface area (Å²) in [5.41, 5.74) is -1.67. The van der Waals surface area contributed by atoms with Crippen LogP contribution in [0.4, 0.5) is 0 Å². The summed E-state index contributed by atoms with van der Waals surface area (Å²) in [6, 6.07) is 7.57. The average molecular weight is 630 g/mol. The number of aliphatic hydroxyl groups is 1. The van der Waals surface area contributed by atoms with E-state index in [1.807, 2.05) is 0 Å². The van der Waals surface area contributed by atoms with Crippen molar-refractivity contribution in [2.75, 3.05) is 39.9 Å². The molecule has 0 amide bonds. The third-order valence-corrected chi connectivity index (χ3v) is 11.0. The van der Waals surface area contributed by atoms with Crippen LogP contribution >= 0.6 is 15.4 Å². The predicted octanol–water partition coefficient (Wildman–Crippen LogP) is 1.05. The standard InChI is InChI=1S/C24H33N5O11P2/c1-16(12-22(31)36-2)26-41(34,39-17-6-4-3-5-7-17)37-15-20-18(30)13-21(38-20)29-14-19(23(32)25-24(29)33)40-42(35,27-8-9-27)28-10-11-28/h3-7,14,16,18,20-21,30H,8-13,15H2,1-2H3,(H,26,34)(H,25,32,33)/t16-,18-,20?,21?,41?/m0/s1. The molecule has 3 fully saturated rings. The van der Waals surface area contributed by atoms with Crippen LogP contribution in [0, 0.1) is 0 Å². The first-order chi connectivity index (χ1) is 20.0. The lowest BCUT2D eigenvalue weighted by atomic mass is 10.2. The lowest BCUT2D eigenvalue weighted by Crippen LogP contribution is -2.34. The number of ether oxygens (including phenoxy) is 2. The maximum Gasteiger partial charge on any atom is 0.459 e. The van der Waals surface area contributed by atoms with Gasteiger partial charge in [0.2, 0.25) is 5.75 Å². The van der Waals surface area contributed by atoms with Crippen LogP contribution in [-0.2, 0) is 27.9 Å². The van der Waals surface area contributed by atoms with E-state index in [0.29, 0.717) is 26.2 Å². The minimum absolute atomic E-state index is 0.0780. The maximum atomic E-state index is 13.7. The predicted molar refractivity (Wildman–Crippen MR) is 147 cm³/mol. The number of aromatic nitrogens is 2. The lowest BCUT2D eigenvalue weighted by Gasteiger charge is -2.25. The summed E-state index contributed by atoms with van der Waals surface area (Å²) in [4.78, 5) is 39.0. The number of hydrogen-bond acceptors (Lipinski definition) is 11. The SMILES string of the molecule is COC(=O)C[C@H](C)NP(=O)(OCC1OC(n2cc(OP(=O)(N3CC3)N3CC3)c(=O)[nH]c2=O)C[C@@H]1O)Oc1ccccc1. The number of rotatable bonds is 14. The molecular formula is C24H33N5O11P2. The highest BCUT2D eigenvalue weighted by Gasteiger charge is 2.51. The van der Waals surface area contributed by atoms with Gasteiger partial charge in [-0.2, -0.15) is 0 Å². The minimum Gasteiger partial charge on any atom is -0.469 e. The van der Waals surface area contributed by atoms with Crippen LogP contribution in [0.5, 0.6) is 11.5 Å². The summed E-state index contributed by atoms with van der Waals surface area (Å²) in [5, 5.41) is 13.4. The van der Waals surface area contributed by atoms with E-state index in [4.69, 9.17) is 18.3 Å². The van der Waals surface area contributed by atoms with Gasteiger partial charge in [-0.05, 0) is 19.1 Å². The summed E-state index contributed by atoms with van der Waals surface area (Å²) in [7, 11) is -6.30. The molecule has 18 heteroatoms. The fourth-order valence-electron chi connectivity index (χ4n) is 4.33. The van der Waals surface area contributed by atoms with Gasteiger partial charge in [-0.15, -0.1) is 0 Å². The third-order valence-electron chi connectivity index (χ3n) is 6.69. The van der Waals surface area contributed by atoms with Gasteiger partial charge >= 0.3 is 27.1 Å². The summed E-state index contributed by atoms with van der Waals surface area (Å²) < 4.78 is 58.8. The smallest absolute Gasteiger partial charge is 0.459 e. The van der Waals surface area contributed by atoms with Crippen molar-refractivity contribution in [2.24, 2.45) is 0 Å². The summed E-state index contributed by atoms with van der Waals surface area (Å²) in [6.07, 6.45) is -2.34. The number of carbonyl (C=O) groups excluding carboxylic acids is 1. The van der Waals surface area contributed by atoms with E-state index in [1.165, 1.54) is 7.11 Å². The Morgan fingerprint density at radius 2 is 1.81 bits per heavy atom.